The van der Waals surface area contributed by atoms with Gasteiger partial charge in [0.15, 0.2) is 0 Å². The number of nitrogens with one attached hydrogen (secondary N) is 1. The number of amides is 1. The Balaban J connectivity index is 1.18. The fourth-order valence-electron chi connectivity index (χ4n) is 4.21. The standard InChI is InChI=1S/C28H22N2O3/c1-32-27-15-13-20-17-19(12-14-26(20)30-27)7-6-16-29-28(31)33-18-25-23-10-4-2-8-21(23)22-9-3-5-11-24(22)25/h2-5,8-15,17,25H,16,18H2,1H3,(H,29,31). The van der Waals surface area contributed by atoms with E-state index in [9.17, 15) is 4.79 Å². The molecular formula is C28H22N2O3. The fraction of sp³-hybridized carbons (Fsp3) is 0.143. The van der Waals surface area contributed by atoms with E-state index in [2.05, 4.69) is 46.4 Å². The van der Waals surface area contributed by atoms with Crippen LogP contribution in [-0.2, 0) is 4.74 Å². The van der Waals surface area contributed by atoms with E-state index in [-0.39, 0.29) is 19.1 Å². The summed E-state index contributed by atoms with van der Waals surface area (Å²) in [4.78, 5) is 16.6. The number of carbonyl (C=O) groups is 1. The molecule has 5 nitrogen and oxygen atoms in total. The van der Waals surface area contributed by atoms with Gasteiger partial charge in [-0.15, -0.1) is 0 Å². The Labute approximate surface area is 192 Å². The lowest BCUT2D eigenvalue weighted by Gasteiger charge is -2.14. The highest BCUT2D eigenvalue weighted by Gasteiger charge is 2.28. The number of rotatable bonds is 4. The van der Waals surface area contributed by atoms with Gasteiger partial charge in [-0.1, -0.05) is 60.4 Å². The Morgan fingerprint density at radius 3 is 2.42 bits per heavy atom. The summed E-state index contributed by atoms with van der Waals surface area (Å²) in [5, 5.41) is 3.69. The first-order valence-electron chi connectivity index (χ1n) is 10.8. The Bertz CT molecular complexity index is 1360. The van der Waals surface area contributed by atoms with Gasteiger partial charge in [0.25, 0.3) is 0 Å². The maximum absolute atomic E-state index is 12.2. The van der Waals surface area contributed by atoms with Crippen molar-refractivity contribution in [3.05, 3.63) is 95.6 Å². The molecule has 1 aliphatic rings. The quantitative estimate of drug-likeness (QED) is 0.452. The minimum atomic E-state index is -0.471. The van der Waals surface area contributed by atoms with Gasteiger partial charge in [0.2, 0.25) is 5.88 Å². The normalized spacial score (nSPS) is 11.8. The lowest BCUT2D eigenvalue weighted by Crippen LogP contribution is -2.26. The van der Waals surface area contributed by atoms with Crippen molar-refractivity contribution >= 4 is 17.0 Å². The minimum Gasteiger partial charge on any atom is -0.481 e. The largest absolute Gasteiger partial charge is 0.481 e. The second-order valence-corrected chi connectivity index (χ2v) is 7.74. The third-order valence-corrected chi connectivity index (χ3v) is 5.77. The summed E-state index contributed by atoms with van der Waals surface area (Å²) < 4.78 is 10.7. The molecule has 1 aromatic heterocycles. The number of aromatic nitrogens is 1. The molecule has 1 heterocycles. The lowest BCUT2D eigenvalue weighted by atomic mass is 9.98. The number of nitrogens with zero attached hydrogens (tertiary/aromatic N) is 1. The number of hydrogen-bond donors (Lipinski definition) is 1. The van der Waals surface area contributed by atoms with E-state index in [0.717, 1.165) is 16.5 Å². The maximum Gasteiger partial charge on any atom is 0.407 e. The number of ether oxygens (including phenoxy) is 2. The summed E-state index contributed by atoms with van der Waals surface area (Å²) in [6.07, 6.45) is -0.471. The summed E-state index contributed by atoms with van der Waals surface area (Å²) in [5.74, 6) is 6.65. The highest BCUT2D eigenvalue weighted by Crippen LogP contribution is 2.44. The molecule has 0 radical (unpaired) electrons. The van der Waals surface area contributed by atoms with E-state index in [0.29, 0.717) is 5.88 Å². The van der Waals surface area contributed by atoms with E-state index in [1.807, 2.05) is 54.6 Å². The summed E-state index contributed by atoms with van der Waals surface area (Å²) in [6, 6.07) is 26.1. The van der Waals surface area contributed by atoms with Crippen molar-refractivity contribution in [1.82, 2.24) is 10.3 Å². The van der Waals surface area contributed by atoms with E-state index in [1.54, 1.807) is 7.11 Å². The zero-order valence-corrected chi connectivity index (χ0v) is 18.2. The molecule has 0 saturated heterocycles. The number of benzene rings is 3. The van der Waals surface area contributed by atoms with Crippen LogP contribution in [0.25, 0.3) is 22.0 Å². The molecule has 0 spiro atoms. The van der Waals surface area contributed by atoms with Gasteiger partial charge < -0.3 is 14.8 Å². The van der Waals surface area contributed by atoms with E-state index >= 15 is 0 Å². The molecule has 162 valence electrons. The second kappa shape index (κ2) is 9.05. The van der Waals surface area contributed by atoms with Crippen LogP contribution >= 0.6 is 0 Å². The van der Waals surface area contributed by atoms with Crippen molar-refractivity contribution in [3.63, 3.8) is 0 Å². The molecule has 33 heavy (non-hydrogen) atoms. The van der Waals surface area contributed by atoms with Crippen molar-refractivity contribution in [2.75, 3.05) is 20.3 Å². The first kappa shape index (κ1) is 20.6. The van der Waals surface area contributed by atoms with Gasteiger partial charge in [-0.2, -0.15) is 0 Å². The number of fused-ring (bicyclic) bond motifs is 4. The highest BCUT2D eigenvalue weighted by molar-refractivity contribution is 5.81. The molecule has 0 aliphatic heterocycles. The maximum atomic E-state index is 12.2. The van der Waals surface area contributed by atoms with Gasteiger partial charge in [-0.05, 0) is 46.5 Å². The van der Waals surface area contributed by atoms with Gasteiger partial charge >= 0.3 is 6.09 Å². The van der Waals surface area contributed by atoms with Crippen molar-refractivity contribution in [1.29, 1.82) is 0 Å². The highest BCUT2D eigenvalue weighted by atomic mass is 16.5. The third kappa shape index (κ3) is 4.24. The zero-order chi connectivity index (χ0) is 22.6. The van der Waals surface area contributed by atoms with Crippen molar-refractivity contribution in [2.45, 2.75) is 5.92 Å². The molecule has 0 saturated carbocycles. The molecule has 1 N–H and O–H groups in total. The van der Waals surface area contributed by atoms with Crippen LogP contribution in [0.3, 0.4) is 0 Å². The molecule has 0 fully saturated rings. The first-order valence-corrected chi connectivity index (χ1v) is 10.8. The van der Waals surface area contributed by atoms with Gasteiger partial charge in [0.1, 0.15) is 6.61 Å². The fourth-order valence-corrected chi connectivity index (χ4v) is 4.21. The van der Waals surface area contributed by atoms with Crippen LogP contribution in [-0.4, -0.2) is 31.3 Å². The summed E-state index contributed by atoms with van der Waals surface area (Å²) in [5.41, 5.74) is 6.49. The zero-order valence-electron chi connectivity index (χ0n) is 18.2. The first-order chi connectivity index (χ1) is 16.2. The van der Waals surface area contributed by atoms with Crippen molar-refractivity contribution < 1.29 is 14.3 Å². The predicted octanol–water partition coefficient (Wildman–Crippen LogP) is 5.13. The molecule has 5 rings (SSSR count). The third-order valence-electron chi connectivity index (χ3n) is 5.77. The van der Waals surface area contributed by atoms with E-state index in [4.69, 9.17) is 9.47 Å². The van der Waals surface area contributed by atoms with Gasteiger partial charge in [0, 0.05) is 22.9 Å². The molecule has 3 aromatic carbocycles. The van der Waals surface area contributed by atoms with Crippen LogP contribution in [0.2, 0.25) is 0 Å². The van der Waals surface area contributed by atoms with Crippen LogP contribution in [0.1, 0.15) is 22.6 Å². The van der Waals surface area contributed by atoms with Crippen LogP contribution in [0.5, 0.6) is 5.88 Å². The molecule has 4 aromatic rings. The molecule has 1 amide bonds. The van der Waals surface area contributed by atoms with Crippen LogP contribution in [0.15, 0.2) is 78.9 Å². The van der Waals surface area contributed by atoms with Gasteiger partial charge in [-0.25, -0.2) is 9.78 Å². The Hall–Kier alpha value is -4.30. The molecule has 1 aliphatic carbocycles. The van der Waals surface area contributed by atoms with Crippen LogP contribution in [0, 0.1) is 11.8 Å². The second-order valence-electron chi connectivity index (χ2n) is 7.74. The summed E-state index contributed by atoms with van der Waals surface area (Å²) in [6.45, 7) is 0.490. The average Bonchev–Trinajstić information content (AvgIpc) is 3.18. The lowest BCUT2D eigenvalue weighted by molar-refractivity contribution is 0.144. The predicted molar refractivity (Wildman–Crippen MR) is 128 cm³/mol. The van der Waals surface area contributed by atoms with Gasteiger partial charge in [-0.3, -0.25) is 0 Å². The van der Waals surface area contributed by atoms with Crippen molar-refractivity contribution in [3.8, 4) is 28.8 Å². The molecule has 0 unspecified atom stereocenters. The smallest absolute Gasteiger partial charge is 0.407 e. The molecule has 5 heteroatoms. The number of hydrogen-bond acceptors (Lipinski definition) is 4. The van der Waals surface area contributed by atoms with E-state index in [1.165, 1.54) is 22.3 Å². The Morgan fingerprint density at radius 2 is 1.70 bits per heavy atom. The van der Waals surface area contributed by atoms with Gasteiger partial charge in [0.05, 0.1) is 19.2 Å². The van der Waals surface area contributed by atoms with Crippen LogP contribution < -0.4 is 10.1 Å². The summed E-state index contributed by atoms with van der Waals surface area (Å²) in [7, 11) is 1.59. The van der Waals surface area contributed by atoms with Crippen molar-refractivity contribution in [2.24, 2.45) is 0 Å². The molecule has 0 atom stereocenters. The number of pyridine rings is 1. The molecule has 0 bridgehead atoms. The topological polar surface area (TPSA) is 60.5 Å². The summed E-state index contributed by atoms with van der Waals surface area (Å²) >= 11 is 0. The number of methoxy groups -OCH3 is 1. The Morgan fingerprint density at radius 1 is 0.970 bits per heavy atom. The van der Waals surface area contributed by atoms with E-state index < -0.39 is 6.09 Å². The average molecular weight is 434 g/mol. The monoisotopic (exact) mass is 434 g/mol. The number of carbonyl (C=O) groups excluding carboxylic acids is 1. The van der Waals surface area contributed by atoms with Crippen LogP contribution in [0.4, 0.5) is 4.79 Å². The number of alkyl carbamates (subject to hydrolysis) is 1. The minimum absolute atomic E-state index is 0.0408. The SMILES string of the molecule is COc1ccc2cc(C#CCNC(=O)OCC3c4ccccc4-c4ccccc43)ccc2n1. The Kier molecular flexibility index (Phi) is 5.65. The molecular weight excluding hydrogens is 412 g/mol.